The molecule has 0 aromatic carbocycles. The molecule has 2 aromatic rings. The second-order valence-corrected chi connectivity index (χ2v) is 4.74. The van der Waals surface area contributed by atoms with Crippen molar-refractivity contribution in [1.82, 2.24) is 19.5 Å². The van der Waals surface area contributed by atoms with Crippen LogP contribution in [0.3, 0.4) is 0 Å². The van der Waals surface area contributed by atoms with Crippen LogP contribution in [0.1, 0.15) is 37.0 Å². The first-order chi connectivity index (χ1) is 8.08. The molecule has 2 heterocycles. The lowest BCUT2D eigenvalue weighted by molar-refractivity contribution is 0.670. The Morgan fingerprint density at radius 3 is 2.88 bits per heavy atom. The van der Waals surface area contributed by atoms with Gasteiger partial charge < -0.3 is 9.55 Å². The summed E-state index contributed by atoms with van der Waals surface area (Å²) in [7, 11) is 0. The Kier molecular flexibility index (Phi) is 3.38. The van der Waals surface area contributed by atoms with Crippen LogP contribution < -0.4 is 0 Å². The fourth-order valence-electron chi connectivity index (χ4n) is 1.81. The molecule has 0 amide bonds. The zero-order chi connectivity index (χ0) is 12.4. The van der Waals surface area contributed by atoms with Crippen molar-refractivity contribution >= 4 is 12.2 Å². The molecule has 0 fully saturated rings. The Bertz CT molecular complexity index is 568. The van der Waals surface area contributed by atoms with Crippen molar-refractivity contribution in [3.05, 3.63) is 40.4 Å². The minimum atomic E-state index is 0.436. The summed E-state index contributed by atoms with van der Waals surface area (Å²) in [6.07, 6.45) is 3.75. The maximum atomic E-state index is 5.29. The summed E-state index contributed by atoms with van der Waals surface area (Å²) in [6, 6.07) is 1.92. The number of nitrogens with zero attached hydrogens (tertiary/aromatic N) is 3. The largest absolute Gasteiger partial charge is 0.337 e. The average Bonchev–Trinajstić information content (AvgIpc) is 2.61. The van der Waals surface area contributed by atoms with Crippen molar-refractivity contribution in [2.75, 3.05) is 0 Å². The van der Waals surface area contributed by atoms with Gasteiger partial charge in [-0.25, -0.2) is 9.97 Å². The standard InChI is InChI=1S/C12H16N4S/c1-8(2)11-6-14-12(17)16(11)7-10-4-5-13-9(3)15-10/h4-6,8H,7H2,1-3H3,(H,14,17). The first kappa shape index (κ1) is 12.0. The van der Waals surface area contributed by atoms with Crippen LogP contribution in [0.15, 0.2) is 18.5 Å². The quantitative estimate of drug-likeness (QED) is 0.850. The van der Waals surface area contributed by atoms with Crippen molar-refractivity contribution in [2.45, 2.75) is 33.2 Å². The minimum Gasteiger partial charge on any atom is -0.337 e. The molecule has 0 saturated heterocycles. The van der Waals surface area contributed by atoms with Gasteiger partial charge in [-0.1, -0.05) is 13.8 Å². The smallest absolute Gasteiger partial charge is 0.177 e. The number of hydrogen-bond donors (Lipinski definition) is 1. The molecular formula is C12H16N4S. The summed E-state index contributed by atoms with van der Waals surface area (Å²) in [5, 5.41) is 0. The van der Waals surface area contributed by atoms with Gasteiger partial charge in [0.2, 0.25) is 0 Å². The van der Waals surface area contributed by atoms with Crippen molar-refractivity contribution in [2.24, 2.45) is 0 Å². The van der Waals surface area contributed by atoms with Gasteiger partial charge in [0.15, 0.2) is 4.77 Å². The summed E-state index contributed by atoms with van der Waals surface area (Å²) in [5.74, 6) is 1.22. The lowest BCUT2D eigenvalue weighted by Crippen LogP contribution is -2.08. The molecule has 5 heteroatoms. The molecule has 0 radical (unpaired) electrons. The molecule has 0 aliphatic heterocycles. The second-order valence-electron chi connectivity index (χ2n) is 4.35. The van der Waals surface area contributed by atoms with E-state index < -0.39 is 0 Å². The summed E-state index contributed by atoms with van der Waals surface area (Å²) < 4.78 is 2.83. The van der Waals surface area contributed by atoms with Crippen molar-refractivity contribution < 1.29 is 0 Å². The monoisotopic (exact) mass is 248 g/mol. The third kappa shape index (κ3) is 2.61. The number of nitrogens with one attached hydrogen (secondary N) is 1. The number of aromatic amines is 1. The number of rotatable bonds is 3. The average molecular weight is 248 g/mol. The van der Waals surface area contributed by atoms with Gasteiger partial charge in [-0.05, 0) is 31.1 Å². The van der Waals surface area contributed by atoms with Gasteiger partial charge in [-0.2, -0.15) is 0 Å². The predicted octanol–water partition coefficient (Wildman–Crippen LogP) is 2.82. The van der Waals surface area contributed by atoms with E-state index in [1.54, 1.807) is 6.20 Å². The van der Waals surface area contributed by atoms with Crippen LogP contribution in [0, 0.1) is 11.7 Å². The van der Waals surface area contributed by atoms with Crippen LogP contribution in [-0.2, 0) is 6.54 Å². The van der Waals surface area contributed by atoms with Gasteiger partial charge >= 0.3 is 0 Å². The van der Waals surface area contributed by atoms with Crippen molar-refractivity contribution in [3.8, 4) is 0 Å². The summed E-state index contributed by atoms with van der Waals surface area (Å²) in [4.78, 5) is 11.6. The molecule has 0 aliphatic rings. The lowest BCUT2D eigenvalue weighted by atomic mass is 10.1. The van der Waals surface area contributed by atoms with Crippen LogP contribution >= 0.6 is 12.2 Å². The van der Waals surface area contributed by atoms with Gasteiger partial charge in [0, 0.05) is 18.1 Å². The molecule has 1 N–H and O–H groups in total. The van der Waals surface area contributed by atoms with Crippen molar-refractivity contribution in [3.63, 3.8) is 0 Å². The van der Waals surface area contributed by atoms with Gasteiger partial charge in [-0.15, -0.1) is 0 Å². The van der Waals surface area contributed by atoms with E-state index >= 15 is 0 Å². The first-order valence-corrected chi connectivity index (χ1v) is 6.05. The second kappa shape index (κ2) is 4.79. The highest BCUT2D eigenvalue weighted by Gasteiger charge is 2.08. The topological polar surface area (TPSA) is 46.5 Å². The molecule has 17 heavy (non-hydrogen) atoms. The minimum absolute atomic E-state index is 0.436. The maximum absolute atomic E-state index is 5.29. The van der Waals surface area contributed by atoms with E-state index in [2.05, 4.69) is 33.4 Å². The molecule has 0 spiro atoms. The Labute approximate surface area is 106 Å². The van der Waals surface area contributed by atoms with E-state index in [0.29, 0.717) is 12.5 Å². The summed E-state index contributed by atoms with van der Waals surface area (Å²) in [5.41, 5.74) is 2.18. The number of hydrogen-bond acceptors (Lipinski definition) is 3. The fourth-order valence-corrected chi connectivity index (χ4v) is 2.03. The highest BCUT2D eigenvalue weighted by Crippen LogP contribution is 2.15. The van der Waals surface area contributed by atoms with Gasteiger partial charge in [-0.3, -0.25) is 0 Å². The van der Waals surface area contributed by atoms with Crippen LogP contribution in [-0.4, -0.2) is 19.5 Å². The zero-order valence-corrected chi connectivity index (χ0v) is 11.1. The SMILES string of the molecule is Cc1nccc(Cn2c(C(C)C)c[nH]c2=S)n1. The predicted molar refractivity (Wildman–Crippen MR) is 69.6 cm³/mol. The molecule has 0 unspecified atom stereocenters. The van der Waals surface area contributed by atoms with Crippen LogP contribution in [0.5, 0.6) is 0 Å². The molecule has 0 atom stereocenters. The highest BCUT2D eigenvalue weighted by atomic mass is 32.1. The summed E-state index contributed by atoms with van der Waals surface area (Å²) >= 11 is 5.29. The molecule has 4 nitrogen and oxygen atoms in total. The number of imidazole rings is 1. The molecule has 0 aliphatic carbocycles. The Morgan fingerprint density at radius 2 is 2.24 bits per heavy atom. The van der Waals surface area contributed by atoms with E-state index in [4.69, 9.17) is 12.2 Å². The van der Waals surface area contributed by atoms with E-state index in [1.165, 1.54) is 5.69 Å². The van der Waals surface area contributed by atoms with E-state index in [-0.39, 0.29) is 0 Å². The van der Waals surface area contributed by atoms with Crippen LogP contribution in [0.25, 0.3) is 0 Å². The normalized spacial score (nSPS) is 11.1. The third-order valence-electron chi connectivity index (χ3n) is 2.65. The van der Waals surface area contributed by atoms with E-state index in [0.717, 1.165) is 16.3 Å². The molecule has 0 saturated carbocycles. The van der Waals surface area contributed by atoms with Gasteiger partial charge in [0.05, 0.1) is 12.2 Å². The Balaban J connectivity index is 2.36. The molecule has 90 valence electrons. The first-order valence-electron chi connectivity index (χ1n) is 5.64. The number of H-pyrrole nitrogens is 1. The molecule has 2 aromatic heterocycles. The van der Waals surface area contributed by atoms with Gasteiger partial charge in [0.1, 0.15) is 5.82 Å². The molecule has 2 rings (SSSR count). The third-order valence-corrected chi connectivity index (χ3v) is 2.98. The number of aryl methyl sites for hydroxylation is 1. The van der Waals surface area contributed by atoms with E-state index in [1.807, 2.05) is 19.2 Å². The molecule has 0 bridgehead atoms. The fraction of sp³-hybridized carbons (Fsp3) is 0.417. The lowest BCUT2D eigenvalue weighted by Gasteiger charge is -2.10. The van der Waals surface area contributed by atoms with Crippen molar-refractivity contribution in [1.29, 1.82) is 0 Å². The number of aromatic nitrogens is 4. The Hall–Kier alpha value is -1.49. The zero-order valence-electron chi connectivity index (χ0n) is 10.3. The van der Waals surface area contributed by atoms with E-state index in [9.17, 15) is 0 Å². The maximum Gasteiger partial charge on any atom is 0.177 e. The van der Waals surface area contributed by atoms with Crippen LogP contribution in [0.4, 0.5) is 0 Å². The highest BCUT2D eigenvalue weighted by molar-refractivity contribution is 7.71. The molecular weight excluding hydrogens is 232 g/mol. The van der Waals surface area contributed by atoms with Gasteiger partial charge in [0.25, 0.3) is 0 Å². The Morgan fingerprint density at radius 1 is 1.47 bits per heavy atom. The van der Waals surface area contributed by atoms with Crippen LogP contribution in [0.2, 0.25) is 0 Å². The summed E-state index contributed by atoms with van der Waals surface area (Å²) in [6.45, 7) is 6.89.